The number of nitrogens with one attached hydrogen (secondary N) is 1. The van der Waals surface area contributed by atoms with Crippen molar-refractivity contribution in [2.45, 2.75) is 6.18 Å². The Kier molecular flexibility index (Phi) is 4.35. The van der Waals surface area contributed by atoms with Gasteiger partial charge in [-0.1, -0.05) is 30.3 Å². The van der Waals surface area contributed by atoms with Crippen LogP contribution in [0, 0.1) is 0 Å². The highest BCUT2D eigenvalue weighted by Crippen LogP contribution is 2.33. The molecule has 0 spiro atoms. The van der Waals surface area contributed by atoms with Crippen LogP contribution < -0.4 is 5.32 Å². The average Bonchev–Trinajstić information content (AvgIpc) is 3.09. The van der Waals surface area contributed by atoms with Crippen molar-refractivity contribution in [1.29, 1.82) is 0 Å². The Labute approximate surface area is 139 Å². The first-order valence-corrected chi connectivity index (χ1v) is 7.79. The quantitative estimate of drug-likeness (QED) is 0.717. The van der Waals surface area contributed by atoms with Crippen LogP contribution in [0.15, 0.2) is 60.2 Å². The number of para-hydroxylation sites is 1. The topological polar surface area (TPSA) is 42.0 Å². The summed E-state index contributed by atoms with van der Waals surface area (Å²) in [6.07, 6.45) is -2.92. The first-order chi connectivity index (χ1) is 11.4. The molecule has 0 atom stereocenters. The summed E-state index contributed by atoms with van der Waals surface area (Å²) in [5.74, 6) is -0.308. The predicted molar refractivity (Wildman–Crippen MR) is 86.9 cm³/mol. The number of aromatic nitrogens is 1. The number of hydrogen-bond donors (Lipinski definition) is 1. The van der Waals surface area contributed by atoms with E-state index in [-0.39, 0.29) is 5.91 Å². The third kappa shape index (κ3) is 3.46. The summed E-state index contributed by atoms with van der Waals surface area (Å²) in [7, 11) is 0. The first-order valence-electron chi connectivity index (χ1n) is 6.91. The van der Waals surface area contributed by atoms with Crippen molar-refractivity contribution >= 4 is 22.9 Å². The average molecular weight is 348 g/mol. The molecule has 1 heterocycles. The van der Waals surface area contributed by atoms with Gasteiger partial charge in [0, 0.05) is 11.3 Å². The van der Waals surface area contributed by atoms with E-state index in [4.69, 9.17) is 0 Å². The molecule has 0 saturated carbocycles. The Bertz CT molecular complexity index is 843. The lowest BCUT2D eigenvalue weighted by Gasteiger charge is -2.12. The van der Waals surface area contributed by atoms with Crippen molar-refractivity contribution in [3.63, 3.8) is 0 Å². The van der Waals surface area contributed by atoms with Gasteiger partial charge in [-0.3, -0.25) is 9.78 Å². The molecule has 24 heavy (non-hydrogen) atoms. The van der Waals surface area contributed by atoms with Crippen LogP contribution in [-0.4, -0.2) is 10.9 Å². The molecule has 0 saturated heterocycles. The van der Waals surface area contributed by atoms with Crippen LogP contribution in [0.2, 0.25) is 0 Å². The number of amides is 1. The number of nitrogens with zero attached hydrogens (tertiary/aromatic N) is 1. The number of halogens is 3. The molecule has 0 aliphatic heterocycles. The van der Waals surface area contributed by atoms with E-state index in [0.29, 0.717) is 21.7 Å². The van der Waals surface area contributed by atoms with Gasteiger partial charge in [-0.05, 0) is 23.8 Å². The molecule has 0 unspecified atom stereocenters. The number of thiazole rings is 1. The SMILES string of the molecule is O=C(Nc1ccccc1-c1ccc(C(F)(F)F)cc1)c1cncs1. The van der Waals surface area contributed by atoms with Gasteiger partial charge in [-0.15, -0.1) is 11.3 Å². The first kappa shape index (κ1) is 16.2. The zero-order chi connectivity index (χ0) is 17.2. The predicted octanol–water partition coefficient (Wildman–Crippen LogP) is 5.08. The van der Waals surface area contributed by atoms with Crippen molar-refractivity contribution < 1.29 is 18.0 Å². The Hall–Kier alpha value is -2.67. The van der Waals surface area contributed by atoms with Crippen LogP contribution in [0.5, 0.6) is 0 Å². The number of carbonyl (C=O) groups excluding carboxylic acids is 1. The fourth-order valence-electron chi connectivity index (χ4n) is 2.19. The third-order valence-corrected chi connectivity index (χ3v) is 4.13. The van der Waals surface area contributed by atoms with Gasteiger partial charge in [0.25, 0.3) is 5.91 Å². The van der Waals surface area contributed by atoms with Gasteiger partial charge in [0.2, 0.25) is 0 Å². The van der Waals surface area contributed by atoms with Gasteiger partial charge in [0.15, 0.2) is 0 Å². The molecule has 1 N–H and O–H groups in total. The van der Waals surface area contributed by atoms with E-state index in [2.05, 4.69) is 10.3 Å². The second-order valence-corrected chi connectivity index (χ2v) is 5.83. The van der Waals surface area contributed by atoms with E-state index in [1.165, 1.54) is 29.7 Å². The zero-order valence-corrected chi connectivity index (χ0v) is 13.0. The van der Waals surface area contributed by atoms with Crippen molar-refractivity contribution in [3.8, 4) is 11.1 Å². The number of benzene rings is 2. The van der Waals surface area contributed by atoms with Crippen LogP contribution in [0.3, 0.4) is 0 Å². The van der Waals surface area contributed by atoms with Gasteiger partial charge in [-0.25, -0.2) is 0 Å². The summed E-state index contributed by atoms with van der Waals surface area (Å²) in [4.78, 5) is 16.5. The molecule has 1 amide bonds. The van der Waals surface area contributed by atoms with Crippen LogP contribution in [0.25, 0.3) is 11.1 Å². The van der Waals surface area contributed by atoms with Crippen LogP contribution in [0.4, 0.5) is 18.9 Å². The Morgan fingerprint density at radius 3 is 2.38 bits per heavy atom. The minimum atomic E-state index is -4.38. The van der Waals surface area contributed by atoms with Crippen LogP contribution >= 0.6 is 11.3 Å². The molecule has 0 fully saturated rings. The molecule has 3 aromatic rings. The van der Waals surface area contributed by atoms with E-state index in [0.717, 1.165) is 12.1 Å². The summed E-state index contributed by atoms with van der Waals surface area (Å²) in [5.41, 5.74) is 2.59. The summed E-state index contributed by atoms with van der Waals surface area (Å²) in [6.45, 7) is 0. The molecule has 2 aromatic carbocycles. The summed E-state index contributed by atoms with van der Waals surface area (Å²) in [5, 5.41) is 2.77. The fraction of sp³-hybridized carbons (Fsp3) is 0.0588. The summed E-state index contributed by atoms with van der Waals surface area (Å²) in [6, 6.07) is 11.8. The second-order valence-electron chi connectivity index (χ2n) is 4.94. The highest BCUT2D eigenvalue weighted by molar-refractivity contribution is 7.11. The molecule has 3 rings (SSSR count). The van der Waals surface area contributed by atoms with Crippen molar-refractivity contribution in [2.24, 2.45) is 0 Å². The number of anilines is 1. The normalized spacial score (nSPS) is 11.3. The van der Waals surface area contributed by atoms with Gasteiger partial charge < -0.3 is 5.32 Å². The lowest BCUT2D eigenvalue weighted by molar-refractivity contribution is -0.137. The Morgan fingerprint density at radius 2 is 1.75 bits per heavy atom. The second kappa shape index (κ2) is 6.45. The maximum atomic E-state index is 12.7. The van der Waals surface area contributed by atoms with Crippen molar-refractivity contribution in [1.82, 2.24) is 4.98 Å². The van der Waals surface area contributed by atoms with E-state index in [9.17, 15) is 18.0 Å². The standard InChI is InChI=1S/C17H11F3N2OS/c18-17(19,20)12-7-5-11(6-8-12)13-3-1-2-4-14(13)22-16(23)15-9-21-10-24-15/h1-10H,(H,22,23). The molecular formula is C17H11F3N2OS. The maximum Gasteiger partial charge on any atom is 0.416 e. The van der Waals surface area contributed by atoms with Gasteiger partial charge in [-0.2, -0.15) is 13.2 Å². The Balaban J connectivity index is 1.90. The highest BCUT2D eigenvalue weighted by atomic mass is 32.1. The Morgan fingerprint density at radius 1 is 1.04 bits per heavy atom. The molecule has 0 aliphatic carbocycles. The lowest BCUT2D eigenvalue weighted by atomic mass is 10.0. The molecule has 0 aliphatic rings. The minimum absolute atomic E-state index is 0.308. The monoisotopic (exact) mass is 348 g/mol. The van der Waals surface area contributed by atoms with E-state index in [1.54, 1.807) is 29.8 Å². The molecular weight excluding hydrogens is 337 g/mol. The number of hydrogen-bond acceptors (Lipinski definition) is 3. The van der Waals surface area contributed by atoms with Crippen LogP contribution in [-0.2, 0) is 6.18 Å². The van der Waals surface area contributed by atoms with E-state index < -0.39 is 11.7 Å². The lowest BCUT2D eigenvalue weighted by Crippen LogP contribution is -2.11. The molecule has 0 radical (unpaired) electrons. The highest BCUT2D eigenvalue weighted by Gasteiger charge is 2.30. The number of carbonyl (C=O) groups is 1. The maximum absolute atomic E-state index is 12.7. The molecule has 7 heteroatoms. The van der Waals surface area contributed by atoms with Gasteiger partial charge >= 0.3 is 6.18 Å². The smallest absolute Gasteiger partial charge is 0.321 e. The van der Waals surface area contributed by atoms with E-state index >= 15 is 0 Å². The van der Waals surface area contributed by atoms with E-state index in [1.807, 2.05) is 0 Å². The largest absolute Gasteiger partial charge is 0.416 e. The number of rotatable bonds is 3. The molecule has 122 valence electrons. The molecule has 1 aromatic heterocycles. The molecule has 0 bridgehead atoms. The third-order valence-electron chi connectivity index (χ3n) is 3.35. The number of alkyl halides is 3. The zero-order valence-electron chi connectivity index (χ0n) is 12.2. The molecule has 3 nitrogen and oxygen atoms in total. The van der Waals surface area contributed by atoms with Gasteiger partial charge in [0.1, 0.15) is 4.88 Å². The van der Waals surface area contributed by atoms with Crippen LogP contribution in [0.1, 0.15) is 15.2 Å². The van der Waals surface area contributed by atoms with Gasteiger partial charge in [0.05, 0.1) is 17.3 Å². The minimum Gasteiger partial charge on any atom is -0.321 e. The summed E-state index contributed by atoms with van der Waals surface area (Å²) >= 11 is 1.21. The van der Waals surface area contributed by atoms with Crippen molar-refractivity contribution in [2.75, 3.05) is 5.32 Å². The fourth-order valence-corrected chi connectivity index (χ4v) is 2.71. The summed E-state index contributed by atoms with van der Waals surface area (Å²) < 4.78 is 38.0. The van der Waals surface area contributed by atoms with Crippen molar-refractivity contribution in [3.05, 3.63) is 70.7 Å².